The van der Waals surface area contributed by atoms with Crippen molar-refractivity contribution in [3.8, 4) is 11.5 Å². The average molecular weight is 553 g/mol. The number of phosphoric ester groups is 1. The van der Waals surface area contributed by atoms with Gasteiger partial charge in [-0.15, -0.1) is 0 Å². The first-order valence-corrected chi connectivity index (χ1v) is 12.8. The first-order chi connectivity index (χ1) is 17.9. The highest BCUT2D eigenvalue weighted by molar-refractivity contribution is 7.49. The number of aliphatic hydroxyl groups excluding tert-OH is 2. The van der Waals surface area contributed by atoms with Crippen LogP contribution in [-0.2, 0) is 13.8 Å². The van der Waals surface area contributed by atoms with Gasteiger partial charge in [0.2, 0.25) is 0 Å². The molecule has 11 nitrogen and oxygen atoms in total. The van der Waals surface area contributed by atoms with Crippen molar-refractivity contribution in [2.24, 2.45) is 0 Å². The molecule has 38 heavy (non-hydrogen) atoms. The lowest BCUT2D eigenvalue weighted by Gasteiger charge is -2.31. The standard InChI is InChI=1S/C24H26F2N3O8P/c1-14-3-7-16(8-4-14)36-38(33,37-17-9-5-15(2)6-10-17)34-13-24(22(25)26)20(31)19(30)21(35-24)29-12-11-18(27)28-23(29)32/h3-12,19-22,30-31H,13H2,1-2H3,(H2,27,28,32)/t19-,20+,21-,24-/m1/s1. The molecule has 3 aromatic rings. The number of nitrogens with two attached hydrogens (primary N) is 1. The highest BCUT2D eigenvalue weighted by Gasteiger charge is 2.62. The molecular formula is C24H26F2N3O8P. The van der Waals surface area contributed by atoms with Gasteiger partial charge in [0, 0.05) is 6.20 Å². The van der Waals surface area contributed by atoms with E-state index in [9.17, 15) is 28.4 Å². The molecule has 1 aliphatic heterocycles. The van der Waals surface area contributed by atoms with Crippen molar-refractivity contribution in [1.82, 2.24) is 9.55 Å². The highest BCUT2D eigenvalue weighted by atomic mass is 31.2. The van der Waals surface area contributed by atoms with Gasteiger partial charge in [0.25, 0.3) is 6.43 Å². The van der Waals surface area contributed by atoms with Crippen LogP contribution in [-0.4, -0.2) is 50.6 Å². The summed E-state index contributed by atoms with van der Waals surface area (Å²) < 4.78 is 64.8. The van der Waals surface area contributed by atoms with Crippen LogP contribution in [0.1, 0.15) is 17.4 Å². The monoisotopic (exact) mass is 553 g/mol. The Morgan fingerprint density at radius 2 is 1.58 bits per heavy atom. The number of aromatic nitrogens is 2. The summed E-state index contributed by atoms with van der Waals surface area (Å²) in [5, 5.41) is 21.2. The maximum absolute atomic E-state index is 14.4. The SMILES string of the molecule is Cc1ccc(OP(=O)(OC[C@@]2(C(F)F)O[C@@H](n3ccc(N)nc3=O)[C@H](O)[C@@H]2O)Oc2ccc(C)cc2)cc1. The van der Waals surface area contributed by atoms with Crippen LogP contribution in [0.25, 0.3) is 0 Å². The smallest absolute Gasteiger partial charge is 0.395 e. The molecule has 2 aromatic carbocycles. The molecule has 0 spiro atoms. The predicted molar refractivity (Wildman–Crippen MR) is 131 cm³/mol. The lowest BCUT2D eigenvalue weighted by Crippen LogP contribution is -2.52. The summed E-state index contributed by atoms with van der Waals surface area (Å²) in [5.74, 6) is -0.0323. The molecule has 0 unspecified atom stereocenters. The number of nitrogens with zero attached hydrogens (tertiary/aromatic N) is 2. The molecule has 4 N–H and O–H groups in total. The average Bonchev–Trinajstić information content (AvgIpc) is 3.12. The van der Waals surface area contributed by atoms with Crippen molar-refractivity contribution >= 4 is 13.6 Å². The molecule has 14 heteroatoms. The number of anilines is 1. The van der Waals surface area contributed by atoms with Gasteiger partial charge in [-0.2, -0.15) is 4.98 Å². The third-order valence-corrected chi connectivity index (χ3v) is 7.19. The number of aryl methyl sites for hydroxylation is 2. The van der Waals surface area contributed by atoms with Gasteiger partial charge in [-0.1, -0.05) is 35.4 Å². The van der Waals surface area contributed by atoms with Crippen LogP contribution in [0, 0.1) is 13.8 Å². The van der Waals surface area contributed by atoms with Crippen LogP contribution in [0.2, 0.25) is 0 Å². The summed E-state index contributed by atoms with van der Waals surface area (Å²) in [7, 11) is -4.69. The minimum Gasteiger partial charge on any atom is -0.395 e. The van der Waals surface area contributed by atoms with E-state index >= 15 is 0 Å². The second-order valence-corrected chi connectivity index (χ2v) is 10.3. The number of nitrogen functional groups attached to an aromatic ring is 1. The molecule has 1 aromatic heterocycles. The molecule has 204 valence electrons. The third kappa shape index (κ3) is 5.71. The fourth-order valence-corrected chi connectivity index (χ4v) is 4.98. The second kappa shape index (κ2) is 10.8. The maximum Gasteiger partial charge on any atom is 0.587 e. The largest absolute Gasteiger partial charge is 0.587 e. The number of ether oxygens (including phenoxy) is 1. The summed E-state index contributed by atoms with van der Waals surface area (Å²) in [5.41, 5.74) is 3.27. The van der Waals surface area contributed by atoms with Crippen molar-refractivity contribution < 1.29 is 41.9 Å². The molecular weight excluding hydrogens is 527 g/mol. The molecule has 1 saturated heterocycles. The van der Waals surface area contributed by atoms with Crippen molar-refractivity contribution in [3.63, 3.8) is 0 Å². The summed E-state index contributed by atoms with van der Waals surface area (Å²) in [6, 6.07) is 13.8. The quantitative estimate of drug-likeness (QED) is 0.337. The number of alkyl halides is 2. The van der Waals surface area contributed by atoms with E-state index in [2.05, 4.69) is 4.98 Å². The maximum atomic E-state index is 14.4. The molecule has 0 radical (unpaired) electrons. The number of halogens is 2. The Morgan fingerprint density at radius 3 is 2.05 bits per heavy atom. The first-order valence-electron chi connectivity index (χ1n) is 11.4. The van der Waals surface area contributed by atoms with Gasteiger partial charge in [0.1, 0.15) is 29.5 Å². The molecule has 0 amide bonds. The van der Waals surface area contributed by atoms with Crippen molar-refractivity contribution in [3.05, 3.63) is 82.4 Å². The number of hydrogen-bond donors (Lipinski definition) is 3. The van der Waals surface area contributed by atoms with Gasteiger partial charge in [-0.3, -0.25) is 9.09 Å². The zero-order chi connectivity index (χ0) is 27.7. The molecule has 0 bridgehead atoms. The van der Waals surface area contributed by atoms with E-state index in [1.807, 2.05) is 13.8 Å². The van der Waals surface area contributed by atoms with E-state index in [1.165, 1.54) is 30.3 Å². The van der Waals surface area contributed by atoms with E-state index in [1.54, 1.807) is 24.3 Å². The lowest BCUT2D eigenvalue weighted by atomic mass is 9.96. The normalized spacial score (nSPS) is 23.5. The summed E-state index contributed by atoms with van der Waals surface area (Å²) in [6.45, 7) is 2.39. The number of rotatable bonds is 9. The number of benzene rings is 2. The van der Waals surface area contributed by atoms with Gasteiger partial charge in [-0.25, -0.2) is 18.1 Å². The van der Waals surface area contributed by atoms with Gasteiger partial charge in [0.05, 0.1) is 6.61 Å². The zero-order valence-electron chi connectivity index (χ0n) is 20.3. The Bertz CT molecular complexity index is 1320. The number of phosphoric acid groups is 1. The molecule has 0 saturated carbocycles. The van der Waals surface area contributed by atoms with Gasteiger partial charge in [0.15, 0.2) is 11.8 Å². The van der Waals surface area contributed by atoms with Crippen molar-refractivity contribution in [2.75, 3.05) is 12.3 Å². The molecule has 4 rings (SSSR count). The van der Waals surface area contributed by atoms with Crippen molar-refractivity contribution in [2.45, 2.75) is 44.3 Å². The molecule has 1 fully saturated rings. The minimum absolute atomic E-state index is 0.0578. The van der Waals surface area contributed by atoms with E-state index in [0.29, 0.717) is 4.57 Å². The topological polar surface area (TPSA) is 155 Å². The van der Waals surface area contributed by atoms with E-state index in [0.717, 1.165) is 17.3 Å². The third-order valence-electron chi connectivity index (χ3n) is 5.88. The van der Waals surface area contributed by atoms with Crippen LogP contribution in [0.4, 0.5) is 14.6 Å². The van der Waals surface area contributed by atoms with Crippen LogP contribution in [0.3, 0.4) is 0 Å². The fraction of sp³-hybridized carbons (Fsp3) is 0.333. The van der Waals surface area contributed by atoms with Gasteiger partial charge in [-0.05, 0) is 44.2 Å². The highest BCUT2D eigenvalue weighted by Crippen LogP contribution is 2.52. The van der Waals surface area contributed by atoms with Crippen LogP contribution < -0.4 is 20.5 Å². The molecule has 4 atom stereocenters. The van der Waals surface area contributed by atoms with Gasteiger partial charge < -0.3 is 29.7 Å². The Labute approximate surface area is 216 Å². The van der Waals surface area contributed by atoms with E-state index < -0.39 is 50.6 Å². The molecule has 0 aliphatic carbocycles. The van der Waals surface area contributed by atoms with Crippen LogP contribution in [0.5, 0.6) is 11.5 Å². The van der Waals surface area contributed by atoms with E-state index in [-0.39, 0.29) is 17.3 Å². The Hall–Kier alpha value is -3.35. The summed E-state index contributed by atoms with van der Waals surface area (Å²) >= 11 is 0. The molecule has 1 aliphatic rings. The first kappa shape index (κ1) is 27.7. The Kier molecular flexibility index (Phi) is 7.86. The second-order valence-electron chi connectivity index (χ2n) is 8.77. The van der Waals surface area contributed by atoms with Crippen molar-refractivity contribution in [1.29, 1.82) is 0 Å². The molecule has 2 heterocycles. The Balaban J connectivity index is 1.64. The fourth-order valence-electron chi connectivity index (χ4n) is 3.72. The Morgan fingerprint density at radius 1 is 1.05 bits per heavy atom. The zero-order valence-corrected chi connectivity index (χ0v) is 21.2. The summed E-state index contributed by atoms with van der Waals surface area (Å²) in [6.07, 6.45) is -8.46. The minimum atomic E-state index is -4.69. The number of hydrogen-bond acceptors (Lipinski definition) is 10. The summed E-state index contributed by atoms with van der Waals surface area (Å²) in [4.78, 5) is 15.7. The lowest BCUT2D eigenvalue weighted by molar-refractivity contribution is -0.193. The predicted octanol–water partition coefficient (Wildman–Crippen LogP) is 2.98. The van der Waals surface area contributed by atoms with Gasteiger partial charge >= 0.3 is 13.5 Å². The number of aliphatic hydroxyl groups is 2. The van der Waals surface area contributed by atoms with E-state index in [4.69, 9.17) is 24.0 Å². The van der Waals surface area contributed by atoms with Crippen LogP contribution in [0.15, 0.2) is 65.6 Å². The van der Waals surface area contributed by atoms with Crippen LogP contribution >= 0.6 is 7.82 Å².